The molecule has 0 aromatic heterocycles. The highest BCUT2D eigenvalue weighted by molar-refractivity contribution is 7.99. The Kier molecular flexibility index (Phi) is 6.75. The molecule has 0 bridgehead atoms. The van der Waals surface area contributed by atoms with Crippen molar-refractivity contribution in [3.8, 4) is 0 Å². The molecule has 1 unspecified atom stereocenters. The van der Waals surface area contributed by atoms with E-state index in [0.717, 1.165) is 0 Å². The van der Waals surface area contributed by atoms with Crippen LogP contribution in [-0.2, 0) is 9.53 Å². The Bertz CT molecular complexity index is 199. The summed E-state index contributed by atoms with van der Waals surface area (Å²) in [5.74, 6) is -1.28. The summed E-state index contributed by atoms with van der Waals surface area (Å²) in [4.78, 5) is 11.0. The first-order chi connectivity index (χ1) is 6.87. The van der Waals surface area contributed by atoms with Crippen molar-refractivity contribution in [2.24, 2.45) is 5.73 Å². The van der Waals surface area contributed by atoms with E-state index in [-0.39, 0.29) is 18.8 Å². The summed E-state index contributed by atoms with van der Waals surface area (Å²) in [6.45, 7) is 1.87. The number of nitrogens with two attached hydrogens (primary N) is 1. The van der Waals surface area contributed by atoms with E-state index >= 15 is 0 Å². The second kappa shape index (κ2) is 6.95. The Labute approximate surface area is 90.5 Å². The molecule has 15 heavy (non-hydrogen) atoms. The summed E-state index contributed by atoms with van der Waals surface area (Å²) in [5, 5.41) is 0. The van der Waals surface area contributed by atoms with Gasteiger partial charge in [-0.25, -0.2) is 0 Å². The van der Waals surface area contributed by atoms with Gasteiger partial charge in [-0.1, -0.05) is 0 Å². The Morgan fingerprint density at radius 2 is 2.13 bits per heavy atom. The molecule has 90 valence electrons. The van der Waals surface area contributed by atoms with Gasteiger partial charge in [0, 0.05) is 0 Å². The van der Waals surface area contributed by atoms with Gasteiger partial charge in [0.15, 0.2) is 0 Å². The quantitative estimate of drug-likeness (QED) is 0.570. The maximum absolute atomic E-state index is 11.7. The summed E-state index contributed by atoms with van der Waals surface area (Å²) in [6.07, 6.45) is -3.97. The topological polar surface area (TPSA) is 52.3 Å². The highest BCUT2D eigenvalue weighted by Crippen LogP contribution is 2.21. The smallest absolute Gasteiger partial charge is 0.397 e. The van der Waals surface area contributed by atoms with Crippen molar-refractivity contribution >= 4 is 17.7 Å². The van der Waals surface area contributed by atoms with Crippen LogP contribution in [0.5, 0.6) is 0 Å². The van der Waals surface area contributed by atoms with Crippen LogP contribution >= 0.6 is 11.8 Å². The second-order valence-corrected chi connectivity index (χ2v) is 3.92. The lowest BCUT2D eigenvalue weighted by molar-refractivity contribution is -0.144. The number of thioether (sulfide) groups is 1. The van der Waals surface area contributed by atoms with Crippen LogP contribution < -0.4 is 5.73 Å². The zero-order valence-corrected chi connectivity index (χ0v) is 9.16. The Morgan fingerprint density at radius 1 is 1.53 bits per heavy atom. The number of halogens is 3. The molecule has 0 saturated carbocycles. The number of hydrogen-bond acceptors (Lipinski definition) is 4. The molecule has 0 saturated heterocycles. The van der Waals surface area contributed by atoms with Gasteiger partial charge in [-0.3, -0.25) is 4.79 Å². The molecule has 0 aliphatic heterocycles. The van der Waals surface area contributed by atoms with Gasteiger partial charge in [-0.05, 0) is 19.1 Å². The predicted octanol–water partition coefficient (Wildman–Crippen LogP) is 1.56. The van der Waals surface area contributed by atoms with Gasteiger partial charge in [0.25, 0.3) is 0 Å². The van der Waals surface area contributed by atoms with Crippen LogP contribution in [0.4, 0.5) is 13.2 Å². The van der Waals surface area contributed by atoms with Gasteiger partial charge < -0.3 is 10.5 Å². The number of esters is 1. The summed E-state index contributed by atoms with van der Waals surface area (Å²) in [7, 11) is 0. The van der Waals surface area contributed by atoms with Crippen LogP contribution in [0, 0.1) is 0 Å². The minimum atomic E-state index is -4.17. The molecule has 3 nitrogen and oxygen atoms in total. The van der Waals surface area contributed by atoms with E-state index in [2.05, 4.69) is 4.74 Å². The maximum Gasteiger partial charge on any atom is 0.397 e. The molecule has 0 spiro atoms. The lowest BCUT2D eigenvalue weighted by atomic mass is 10.2. The van der Waals surface area contributed by atoms with Gasteiger partial charge in [-0.2, -0.15) is 24.9 Å². The number of hydrogen-bond donors (Lipinski definition) is 1. The number of carbonyl (C=O) groups is 1. The fraction of sp³-hybridized carbons (Fsp3) is 0.875. The maximum atomic E-state index is 11.7. The first kappa shape index (κ1) is 14.6. The van der Waals surface area contributed by atoms with Gasteiger partial charge in [0.1, 0.15) is 6.04 Å². The molecule has 0 heterocycles. The normalized spacial score (nSPS) is 13.7. The molecule has 0 aliphatic carbocycles. The van der Waals surface area contributed by atoms with E-state index in [4.69, 9.17) is 5.73 Å². The van der Waals surface area contributed by atoms with Crippen LogP contribution in [0.25, 0.3) is 0 Å². The van der Waals surface area contributed by atoms with E-state index in [0.29, 0.717) is 11.8 Å². The van der Waals surface area contributed by atoms with Crippen LogP contribution in [0.2, 0.25) is 0 Å². The average Bonchev–Trinajstić information content (AvgIpc) is 2.11. The van der Waals surface area contributed by atoms with E-state index in [9.17, 15) is 18.0 Å². The van der Waals surface area contributed by atoms with Crippen molar-refractivity contribution in [1.82, 2.24) is 0 Å². The monoisotopic (exact) mass is 245 g/mol. The van der Waals surface area contributed by atoms with Gasteiger partial charge in [-0.15, -0.1) is 0 Å². The molecular weight excluding hydrogens is 231 g/mol. The summed E-state index contributed by atoms with van der Waals surface area (Å²) in [6, 6.07) is -0.828. The van der Waals surface area contributed by atoms with Crippen LogP contribution in [-0.4, -0.2) is 36.3 Å². The van der Waals surface area contributed by atoms with E-state index in [1.54, 1.807) is 6.92 Å². The fourth-order valence-corrected chi connectivity index (χ4v) is 1.56. The number of alkyl halides is 3. The highest BCUT2D eigenvalue weighted by atomic mass is 32.2. The van der Waals surface area contributed by atoms with Gasteiger partial charge in [0.2, 0.25) is 0 Å². The van der Waals surface area contributed by atoms with Crippen LogP contribution in [0.1, 0.15) is 13.3 Å². The Balaban J connectivity index is 3.55. The van der Waals surface area contributed by atoms with Gasteiger partial charge in [0.05, 0.1) is 12.4 Å². The molecule has 0 aromatic carbocycles. The molecule has 1 atom stereocenters. The van der Waals surface area contributed by atoms with Crippen LogP contribution in [0.3, 0.4) is 0 Å². The molecule has 0 aliphatic rings. The molecule has 0 aromatic rings. The molecular formula is C8H14F3NO2S. The summed E-state index contributed by atoms with van der Waals surface area (Å²) < 4.78 is 39.8. The molecule has 0 fully saturated rings. The second-order valence-electron chi connectivity index (χ2n) is 2.81. The van der Waals surface area contributed by atoms with E-state index < -0.39 is 23.9 Å². The zero-order valence-electron chi connectivity index (χ0n) is 8.34. The first-order valence-electron chi connectivity index (χ1n) is 4.43. The molecule has 2 N–H and O–H groups in total. The lowest BCUT2D eigenvalue weighted by Gasteiger charge is -2.10. The third kappa shape index (κ3) is 8.56. The van der Waals surface area contributed by atoms with Crippen molar-refractivity contribution in [2.45, 2.75) is 25.6 Å². The molecule has 0 radical (unpaired) electrons. The summed E-state index contributed by atoms with van der Waals surface area (Å²) >= 11 is 0.711. The first-order valence-corrected chi connectivity index (χ1v) is 5.59. The number of carbonyl (C=O) groups excluding carboxylic acids is 1. The van der Waals surface area contributed by atoms with Crippen LogP contribution in [0.15, 0.2) is 0 Å². The van der Waals surface area contributed by atoms with Crippen molar-refractivity contribution in [1.29, 1.82) is 0 Å². The standard InChI is InChI=1S/C8H14F3NO2S/c1-2-14-7(13)6(12)3-4-15-5-8(9,10)11/h6H,2-5,12H2,1H3. The summed E-state index contributed by atoms with van der Waals surface area (Å²) in [5.41, 5.74) is 5.38. The predicted molar refractivity (Wildman–Crippen MR) is 52.6 cm³/mol. The minimum Gasteiger partial charge on any atom is -0.465 e. The van der Waals surface area contributed by atoms with Crippen molar-refractivity contribution < 1.29 is 22.7 Å². The number of rotatable bonds is 6. The van der Waals surface area contributed by atoms with Gasteiger partial charge >= 0.3 is 12.1 Å². The van der Waals surface area contributed by atoms with Crippen molar-refractivity contribution in [2.75, 3.05) is 18.1 Å². The Hall–Kier alpha value is -0.430. The lowest BCUT2D eigenvalue weighted by Crippen LogP contribution is -2.32. The average molecular weight is 245 g/mol. The molecule has 7 heteroatoms. The van der Waals surface area contributed by atoms with Crippen molar-refractivity contribution in [3.05, 3.63) is 0 Å². The van der Waals surface area contributed by atoms with E-state index in [1.165, 1.54) is 0 Å². The molecule has 0 amide bonds. The van der Waals surface area contributed by atoms with E-state index in [1.807, 2.05) is 0 Å². The molecule has 0 rings (SSSR count). The highest BCUT2D eigenvalue weighted by Gasteiger charge is 2.27. The zero-order chi connectivity index (χ0) is 11.9. The SMILES string of the molecule is CCOC(=O)C(N)CCSCC(F)(F)F. The number of ether oxygens (including phenoxy) is 1. The third-order valence-corrected chi connectivity index (χ3v) is 2.48. The fourth-order valence-electron chi connectivity index (χ4n) is 0.765. The third-order valence-electron chi connectivity index (χ3n) is 1.43. The Morgan fingerprint density at radius 3 is 2.60 bits per heavy atom. The largest absolute Gasteiger partial charge is 0.465 e. The minimum absolute atomic E-state index is 0.194. The van der Waals surface area contributed by atoms with Crippen molar-refractivity contribution in [3.63, 3.8) is 0 Å².